The van der Waals surface area contributed by atoms with Crippen LogP contribution in [0.5, 0.6) is 0 Å². The van der Waals surface area contributed by atoms with Crippen molar-refractivity contribution < 1.29 is 0 Å². The lowest BCUT2D eigenvalue weighted by Crippen LogP contribution is -2.48. The minimum Gasteiger partial charge on any atom is -0.356 e. The van der Waals surface area contributed by atoms with Crippen molar-refractivity contribution in [3.05, 3.63) is 0 Å². The molecule has 0 bridgehead atoms. The van der Waals surface area contributed by atoms with Crippen LogP contribution in [0.15, 0.2) is 4.99 Å². The molecule has 0 aromatic rings. The second-order valence-electron chi connectivity index (χ2n) is 6.71. The predicted molar refractivity (Wildman–Crippen MR) is 86.1 cm³/mol. The summed E-state index contributed by atoms with van der Waals surface area (Å²) in [6.07, 6.45) is 9.78. The SMILES string of the molecule is CN=C(NCC1CC1)NCC(C1CCCCC1)N(C)C. The summed E-state index contributed by atoms with van der Waals surface area (Å²) in [5.74, 6) is 2.70. The van der Waals surface area contributed by atoms with Gasteiger partial charge in [0, 0.05) is 26.2 Å². The second kappa shape index (κ2) is 7.87. The van der Waals surface area contributed by atoms with Crippen LogP contribution in [0.1, 0.15) is 44.9 Å². The average Bonchev–Trinajstić information content (AvgIpc) is 3.27. The number of rotatable bonds is 6. The zero-order chi connectivity index (χ0) is 14.4. The summed E-state index contributed by atoms with van der Waals surface area (Å²) >= 11 is 0. The average molecular weight is 280 g/mol. The Morgan fingerprint density at radius 1 is 1.10 bits per heavy atom. The van der Waals surface area contributed by atoms with Crippen LogP contribution in [0.3, 0.4) is 0 Å². The molecule has 0 heterocycles. The summed E-state index contributed by atoms with van der Waals surface area (Å²) in [6.45, 7) is 2.08. The first kappa shape index (κ1) is 15.6. The van der Waals surface area contributed by atoms with Gasteiger partial charge in [-0.15, -0.1) is 0 Å². The highest BCUT2D eigenvalue weighted by Gasteiger charge is 2.25. The van der Waals surface area contributed by atoms with Crippen molar-refractivity contribution in [3.63, 3.8) is 0 Å². The van der Waals surface area contributed by atoms with E-state index in [1.807, 2.05) is 7.05 Å². The van der Waals surface area contributed by atoms with Crippen LogP contribution in [0.25, 0.3) is 0 Å². The number of hydrogen-bond donors (Lipinski definition) is 2. The van der Waals surface area contributed by atoms with Crippen molar-refractivity contribution in [2.24, 2.45) is 16.8 Å². The van der Waals surface area contributed by atoms with Crippen LogP contribution >= 0.6 is 0 Å². The number of aliphatic imine (C=N–C) groups is 1. The molecule has 2 fully saturated rings. The van der Waals surface area contributed by atoms with Gasteiger partial charge in [-0.2, -0.15) is 0 Å². The van der Waals surface area contributed by atoms with E-state index in [1.165, 1.54) is 44.9 Å². The third-order valence-electron chi connectivity index (χ3n) is 4.81. The van der Waals surface area contributed by atoms with Gasteiger partial charge in [0.25, 0.3) is 0 Å². The molecule has 116 valence electrons. The molecule has 0 aromatic carbocycles. The third kappa shape index (κ3) is 4.97. The van der Waals surface area contributed by atoms with Gasteiger partial charge >= 0.3 is 0 Å². The van der Waals surface area contributed by atoms with Crippen molar-refractivity contribution >= 4 is 5.96 Å². The Hall–Kier alpha value is -0.770. The van der Waals surface area contributed by atoms with Crippen LogP contribution in [-0.2, 0) is 0 Å². The van der Waals surface area contributed by atoms with Crippen molar-refractivity contribution in [2.75, 3.05) is 34.2 Å². The highest BCUT2D eigenvalue weighted by atomic mass is 15.2. The van der Waals surface area contributed by atoms with Crippen LogP contribution in [0.2, 0.25) is 0 Å². The molecule has 0 aromatic heterocycles. The van der Waals surface area contributed by atoms with E-state index in [0.29, 0.717) is 6.04 Å². The number of hydrogen-bond acceptors (Lipinski definition) is 2. The molecule has 0 aliphatic heterocycles. The number of likely N-dealkylation sites (N-methyl/N-ethyl adjacent to an activating group) is 1. The Kier molecular flexibility index (Phi) is 6.14. The maximum atomic E-state index is 4.34. The van der Waals surface area contributed by atoms with Gasteiger partial charge in [0.2, 0.25) is 0 Å². The fraction of sp³-hybridized carbons (Fsp3) is 0.938. The lowest BCUT2D eigenvalue weighted by atomic mass is 9.83. The molecule has 4 heteroatoms. The fourth-order valence-corrected chi connectivity index (χ4v) is 3.27. The molecule has 1 atom stereocenters. The largest absolute Gasteiger partial charge is 0.356 e. The van der Waals surface area contributed by atoms with Gasteiger partial charge < -0.3 is 15.5 Å². The number of nitrogens with one attached hydrogen (secondary N) is 2. The summed E-state index contributed by atoms with van der Waals surface area (Å²) < 4.78 is 0. The van der Waals surface area contributed by atoms with Gasteiger partial charge in [-0.1, -0.05) is 19.3 Å². The summed E-state index contributed by atoms with van der Waals surface area (Å²) in [6, 6.07) is 0.620. The van der Waals surface area contributed by atoms with E-state index in [2.05, 4.69) is 34.6 Å². The molecule has 2 aliphatic rings. The fourth-order valence-electron chi connectivity index (χ4n) is 3.27. The monoisotopic (exact) mass is 280 g/mol. The van der Waals surface area contributed by atoms with Gasteiger partial charge in [-0.05, 0) is 51.6 Å². The van der Waals surface area contributed by atoms with Gasteiger partial charge in [0.1, 0.15) is 0 Å². The van der Waals surface area contributed by atoms with Crippen molar-refractivity contribution in [1.82, 2.24) is 15.5 Å². The molecule has 0 radical (unpaired) electrons. The Labute approximate surface area is 124 Å². The van der Waals surface area contributed by atoms with Gasteiger partial charge in [0.05, 0.1) is 0 Å². The van der Waals surface area contributed by atoms with Crippen LogP contribution in [0, 0.1) is 11.8 Å². The molecule has 2 aliphatic carbocycles. The summed E-state index contributed by atoms with van der Waals surface area (Å²) in [5.41, 5.74) is 0. The first-order chi connectivity index (χ1) is 9.70. The van der Waals surface area contributed by atoms with E-state index >= 15 is 0 Å². The normalized spacial score (nSPS) is 22.9. The van der Waals surface area contributed by atoms with Crippen LogP contribution in [0.4, 0.5) is 0 Å². The Bertz CT molecular complexity index is 304. The smallest absolute Gasteiger partial charge is 0.191 e. The second-order valence-corrected chi connectivity index (χ2v) is 6.71. The predicted octanol–water partition coefficient (Wildman–Crippen LogP) is 2.07. The lowest BCUT2D eigenvalue weighted by Gasteiger charge is -2.35. The molecule has 2 rings (SSSR count). The van der Waals surface area contributed by atoms with Crippen LogP contribution < -0.4 is 10.6 Å². The molecular weight excluding hydrogens is 248 g/mol. The zero-order valence-electron chi connectivity index (χ0n) is 13.5. The van der Waals surface area contributed by atoms with Crippen molar-refractivity contribution in [3.8, 4) is 0 Å². The van der Waals surface area contributed by atoms with Crippen LogP contribution in [-0.4, -0.2) is 51.1 Å². The first-order valence-electron chi connectivity index (χ1n) is 8.31. The summed E-state index contributed by atoms with van der Waals surface area (Å²) in [4.78, 5) is 6.73. The Morgan fingerprint density at radius 2 is 1.80 bits per heavy atom. The quantitative estimate of drug-likeness (QED) is 0.578. The third-order valence-corrected chi connectivity index (χ3v) is 4.81. The molecule has 2 saturated carbocycles. The number of nitrogens with zero attached hydrogens (tertiary/aromatic N) is 2. The molecule has 2 N–H and O–H groups in total. The van der Waals surface area contributed by atoms with Gasteiger partial charge in [-0.3, -0.25) is 4.99 Å². The van der Waals surface area contributed by atoms with E-state index in [9.17, 15) is 0 Å². The van der Waals surface area contributed by atoms with E-state index in [1.54, 1.807) is 0 Å². The molecule has 0 saturated heterocycles. The molecule has 20 heavy (non-hydrogen) atoms. The Balaban J connectivity index is 1.77. The van der Waals surface area contributed by atoms with Gasteiger partial charge in [-0.25, -0.2) is 0 Å². The first-order valence-corrected chi connectivity index (χ1v) is 8.31. The molecular formula is C16H32N4. The minimum absolute atomic E-state index is 0.620. The Morgan fingerprint density at radius 3 is 2.35 bits per heavy atom. The standard InChI is InChI=1S/C16H32N4/c1-17-16(18-11-13-9-10-13)19-12-15(20(2)3)14-7-5-4-6-8-14/h13-15H,4-12H2,1-3H3,(H2,17,18,19). The molecule has 4 nitrogen and oxygen atoms in total. The molecule has 1 unspecified atom stereocenters. The highest BCUT2D eigenvalue weighted by molar-refractivity contribution is 5.79. The van der Waals surface area contributed by atoms with Gasteiger partial charge in [0.15, 0.2) is 5.96 Å². The zero-order valence-corrected chi connectivity index (χ0v) is 13.5. The lowest BCUT2D eigenvalue weighted by molar-refractivity contribution is 0.171. The number of guanidine groups is 1. The van der Waals surface area contributed by atoms with E-state index in [-0.39, 0.29) is 0 Å². The maximum absolute atomic E-state index is 4.34. The topological polar surface area (TPSA) is 39.7 Å². The van der Waals surface area contributed by atoms with Crippen molar-refractivity contribution in [2.45, 2.75) is 51.0 Å². The minimum atomic E-state index is 0.620. The maximum Gasteiger partial charge on any atom is 0.191 e. The summed E-state index contributed by atoms with van der Waals surface area (Å²) in [7, 11) is 6.29. The summed E-state index contributed by atoms with van der Waals surface area (Å²) in [5, 5.41) is 6.98. The van der Waals surface area contributed by atoms with E-state index in [4.69, 9.17) is 0 Å². The molecule has 0 amide bonds. The highest BCUT2D eigenvalue weighted by Crippen LogP contribution is 2.28. The van der Waals surface area contributed by atoms with E-state index < -0.39 is 0 Å². The van der Waals surface area contributed by atoms with E-state index in [0.717, 1.165) is 30.9 Å². The van der Waals surface area contributed by atoms with Crippen molar-refractivity contribution in [1.29, 1.82) is 0 Å². The molecule has 0 spiro atoms.